The van der Waals surface area contributed by atoms with E-state index >= 15 is 0 Å². The van der Waals surface area contributed by atoms with Crippen molar-refractivity contribution in [2.75, 3.05) is 7.05 Å². The average molecular weight is 329 g/mol. The topological polar surface area (TPSA) is 79.5 Å². The van der Waals surface area contributed by atoms with E-state index in [2.05, 4.69) is 37.7 Å². The number of rotatable bonds is 5. The van der Waals surface area contributed by atoms with Gasteiger partial charge in [-0.25, -0.2) is 4.98 Å². The van der Waals surface area contributed by atoms with Gasteiger partial charge < -0.3 is 10.6 Å². The summed E-state index contributed by atoms with van der Waals surface area (Å²) in [7, 11) is 1.75. The van der Waals surface area contributed by atoms with Gasteiger partial charge in [0.2, 0.25) is 0 Å². The average Bonchev–Trinajstić information content (AvgIpc) is 3.22. The molecule has 3 heterocycles. The Balaban J connectivity index is 1.57. The molecule has 23 heavy (non-hydrogen) atoms. The summed E-state index contributed by atoms with van der Waals surface area (Å²) in [6, 6.07) is 5.83. The van der Waals surface area contributed by atoms with Crippen molar-refractivity contribution in [2.24, 2.45) is 4.99 Å². The third kappa shape index (κ3) is 3.65. The number of nitrogens with zero attached hydrogens (tertiary/aromatic N) is 5. The van der Waals surface area contributed by atoms with Crippen LogP contribution in [-0.2, 0) is 19.5 Å². The van der Waals surface area contributed by atoms with Crippen molar-refractivity contribution in [1.29, 1.82) is 0 Å². The van der Waals surface area contributed by atoms with E-state index in [0.717, 1.165) is 22.9 Å². The van der Waals surface area contributed by atoms with Gasteiger partial charge in [0.05, 0.1) is 13.1 Å². The van der Waals surface area contributed by atoms with E-state index in [4.69, 9.17) is 0 Å². The Morgan fingerprint density at radius 1 is 1.26 bits per heavy atom. The van der Waals surface area contributed by atoms with Crippen molar-refractivity contribution in [1.82, 2.24) is 30.2 Å². The van der Waals surface area contributed by atoms with Gasteiger partial charge in [0.25, 0.3) is 0 Å². The summed E-state index contributed by atoms with van der Waals surface area (Å²) >= 11 is 1.72. The lowest BCUT2D eigenvalue weighted by Gasteiger charge is -2.10. The van der Waals surface area contributed by atoms with Gasteiger partial charge in [-0.1, -0.05) is 13.0 Å². The number of aromatic nitrogens is 4. The first-order valence-corrected chi connectivity index (χ1v) is 8.28. The number of nitrogens with one attached hydrogen (secondary N) is 2. The molecule has 0 amide bonds. The number of hydrogen-bond donors (Lipinski definition) is 2. The first-order valence-electron chi connectivity index (χ1n) is 7.47. The number of aliphatic imine (C=N–C) groups is 1. The van der Waals surface area contributed by atoms with E-state index in [9.17, 15) is 0 Å². The molecule has 3 rings (SSSR count). The normalized spacial score (nSPS) is 11.8. The summed E-state index contributed by atoms with van der Waals surface area (Å²) in [5.74, 6) is 1.55. The predicted molar refractivity (Wildman–Crippen MR) is 91.5 cm³/mol. The molecule has 0 aromatic carbocycles. The van der Waals surface area contributed by atoms with Crippen LogP contribution in [0.25, 0.3) is 5.65 Å². The Labute approximate surface area is 138 Å². The molecule has 0 saturated carbocycles. The Morgan fingerprint density at radius 3 is 2.91 bits per heavy atom. The van der Waals surface area contributed by atoms with Crippen LogP contribution in [0.4, 0.5) is 0 Å². The second-order valence-corrected chi connectivity index (χ2v) is 6.10. The van der Waals surface area contributed by atoms with E-state index in [1.807, 2.05) is 35.0 Å². The minimum Gasteiger partial charge on any atom is -0.350 e. The second kappa shape index (κ2) is 7.19. The van der Waals surface area contributed by atoms with Crippen molar-refractivity contribution in [2.45, 2.75) is 26.4 Å². The summed E-state index contributed by atoms with van der Waals surface area (Å²) in [6.07, 6.45) is 4.90. The van der Waals surface area contributed by atoms with Gasteiger partial charge >= 0.3 is 0 Å². The fourth-order valence-corrected chi connectivity index (χ4v) is 2.95. The summed E-state index contributed by atoms with van der Waals surface area (Å²) in [6.45, 7) is 3.34. The number of guanidine groups is 1. The molecule has 0 radical (unpaired) electrons. The molecule has 0 aliphatic heterocycles. The summed E-state index contributed by atoms with van der Waals surface area (Å²) in [5.41, 5.74) is 0.835. The molecule has 7 nitrogen and oxygen atoms in total. The highest BCUT2D eigenvalue weighted by Crippen LogP contribution is 2.12. The minimum atomic E-state index is 0.545. The van der Waals surface area contributed by atoms with E-state index in [1.54, 1.807) is 18.4 Å². The van der Waals surface area contributed by atoms with Gasteiger partial charge in [-0.15, -0.1) is 21.5 Å². The van der Waals surface area contributed by atoms with Gasteiger partial charge in [0.15, 0.2) is 17.4 Å². The maximum atomic E-state index is 4.39. The summed E-state index contributed by atoms with van der Waals surface area (Å²) in [5, 5.41) is 15.9. The highest BCUT2D eigenvalue weighted by molar-refractivity contribution is 7.11. The molecule has 3 aromatic heterocycles. The number of pyridine rings is 1. The van der Waals surface area contributed by atoms with Crippen LogP contribution in [0.5, 0.6) is 0 Å². The molecule has 2 N–H and O–H groups in total. The van der Waals surface area contributed by atoms with Crippen molar-refractivity contribution in [3.63, 3.8) is 0 Å². The highest BCUT2D eigenvalue weighted by atomic mass is 32.1. The van der Waals surface area contributed by atoms with Crippen LogP contribution in [-0.4, -0.2) is 32.6 Å². The first kappa shape index (κ1) is 15.4. The molecule has 0 aliphatic rings. The summed E-state index contributed by atoms with van der Waals surface area (Å²) < 4.78 is 1.95. The molecule has 0 fully saturated rings. The van der Waals surface area contributed by atoms with Gasteiger partial charge in [0.1, 0.15) is 5.01 Å². The lowest BCUT2D eigenvalue weighted by Crippen LogP contribution is -2.36. The van der Waals surface area contributed by atoms with Crippen LogP contribution >= 0.6 is 11.3 Å². The molecule has 0 bridgehead atoms. The maximum Gasteiger partial charge on any atom is 0.191 e. The minimum absolute atomic E-state index is 0.545. The van der Waals surface area contributed by atoms with Crippen LogP contribution in [0.3, 0.4) is 0 Å². The fraction of sp³-hybridized carbons (Fsp3) is 0.333. The number of hydrogen-bond acceptors (Lipinski definition) is 5. The molecule has 0 atom stereocenters. The molecule has 0 saturated heterocycles. The standard InChI is InChI=1S/C15H19N7S/c1-3-11-8-17-14(23-11)10-19-15(16-2)18-9-13-21-20-12-6-4-5-7-22(12)13/h4-8H,3,9-10H2,1-2H3,(H2,16,18,19). The van der Waals surface area contributed by atoms with Gasteiger partial charge in [-0.05, 0) is 18.6 Å². The fourth-order valence-electron chi connectivity index (χ4n) is 2.15. The van der Waals surface area contributed by atoms with Gasteiger partial charge in [0, 0.05) is 24.3 Å². The maximum absolute atomic E-state index is 4.39. The predicted octanol–water partition coefficient (Wildman–Crippen LogP) is 1.61. The Kier molecular flexibility index (Phi) is 4.82. The number of thiazole rings is 1. The van der Waals surface area contributed by atoms with Crippen LogP contribution in [0.2, 0.25) is 0 Å². The molecule has 120 valence electrons. The van der Waals surface area contributed by atoms with Crippen LogP contribution < -0.4 is 10.6 Å². The van der Waals surface area contributed by atoms with Crippen molar-refractivity contribution in [3.8, 4) is 0 Å². The van der Waals surface area contributed by atoms with Crippen LogP contribution in [0.15, 0.2) is 35.6 Å². The smallest absolute Gasteiger partial charge is 0.191 e. The first-order chi connectivity index (χ1) is 11.3. The zero-order chi connectivity index (χ0) is 16.1. The Hall–Kier alpha value is -2.48. The van der Waals surface area contributed by atoms with Crippen LogP contribution in [0, 0.1) is 0 Å². The molecular formula is C15H19N7S. The Morgan fingerprint density at radius 2 is 2.13 bits per heavy atom. The third-order valence-corrected chi connectivity index (χ3v) is 4.52. The SMILES string of the molecule is CCc1cnc(CNC(=NC)NCc2nnc3ccccn23)s1. The molecule has 0 aliphatic carbocycles. The third-order valence-electron chi connectivity index (χ3n) is 3.38. The molecule has 0 unspecified atom stereocenters. The molecule has 3 aromatic rings. The number of fused-ring (bicyclic) bond motifs is 1. The van der Waals surface area contributed by atoms with Crippen molar-refractivity contribution >= 4 is 22.9 Å². The lowest BCUT2D eigenvalue weighted by molar-refractivity contribution is 0.761. The van der Waals surface area contributed by atoms with Crippen LogP contribution in [0.1, 0.15) is 22.6 Å². The summed E-state index contributed by atoms with van der Waals surface area (Å²) in [4.78, 5) is 9.91. The van der Waals surface area contributed by atoms with E-state index in [-0.39, 0.29) is 0 Å². The van der Waals surface area contributed by atoms with Gasteiger partial charge in [-0.3, -0.25) is 9.39 Å². The van der Waals surface area contributed by atoms with Crippen molar-refractivity contribution < 1.29 is 0 Å². The zero-order valence-corrected chi connectivity index (χ0v) is 14.0. The monoisotopic (exact) mass is 329 g/mol. The molecule has 8 heteroatoms. The van der Waals surface area contributed by atoms with E-state index < -0.39 is 0 Å². The lowest BCUT2D eigenvalue weighted by atomic mass is 10.4. The zero-order valence-electron chi connectivity index (χ0n) is 13.2. The quantitative estimate of drug-likeness (QED) is 0.549. The molecular weight excluding hydrogens is 310 g/mol. The van der Waals surface area contributed by atoms with E-state index in [0.29, 0.717) is 19.0 Å². The second-order valence-electron chi connectivity index (χ2n) is 4.90. The Bertz CT molecular complexity index is 805. The largest absolute Gasteiger partial charge is 0.350 e. The number of aryl methyl sites for hydroxylation is 1. The highest BCUT2D eigenvalue weighted by Gasteiger charge is 2.06. The van der Waals surface area contributed by atoms with Gasteiger partial charge in [-0.2, -0.15) is 0 Å². The molecule has 0 spiro atoms. The van der Waals surface area contributed by atoms with Crippen molar-refractivity contribution in [3.05, 3.63) is 46.3 Å². The van der Waals surface area contributed by atoms with E-state index in [1.165, 1.54) is 4.88 Å².